The molecule has 0 aliphatic rings. The second-order valence-corrected chi connectivity index (χ2v) is 5.97. The molecule has 1 rings (SSSR count). The number of halogens is 2. The molecule has 16 heavy (non-hydrogen) atoms. The van der Waals surface area contributed by atoms with Crippen LogP contribution in [-0.2, 0) is 0 Å². The predicted octanol–water partition coefficient (Wildman–Crippen LogP) is 5.07. The molecule has 0 radical (unpaired) electrons. The molecule has 0 spiro atoms. The Hall–Kier alpha value is 0.140. The molecule has 1 aromatic carbocycles. The third-order valence-corrected chi connectivity index (χ3v) is 3.90. The third kappa shape index (κ3) is 4.19. The Labute approximate surface area is 115 Å². The maximum absolute atomic E-state index is 10.2. The monoisotopic (exact) mass is 348 g/mol. The summed E-state index contributed by atoms with van der Waals surface area (Å²) in [6.07, 6.45) is 2.74. The zero-order chi connectivity index (χ0) is 12.1. The summed E-state index contributed by atoms with van der Waals surface area (Å²) < 4.78 is 2.00. The molecule has 0 heterocycles. The van der Waals surface area contributed by atoms with Crippen LogP contribution in [0.3, 0.4) is 0 Å². The van der Waals surface area contributed by atoms with Gasteiger partial charge < -0.3 is 5.11 Å². The van der Waals surface area contributed by atoms with Gasteiger partial charge in [-0.05, 0) is 36.1 Å². The molecule has 90 valence electrons. The number of aliphatic hydroxyl groups is 1. The van der Waals surface area contributed by atoms with Crippen molar-refractivity contribution in [3.05, 3.63) is 32.7 Å². The lowest BCUT2D eigenvalue weighted by atomic mass is 9.93. The van der Waals surface area contributed by atoms with E-state index in [1.165, 1.54) is 0 Å². The second-order valence-electron chi connectivity index (χ2n) is 4.14. The molecule has 0 saturated heterocycles. The number of hydrogen-bond acceptors (Lipinski definition) is 1. The smallest absolute Gasteiger partial charge is 0.0793 e. The van der Waals surface area contributed by atoms with Crippen molar-refractivity contribution in [3.8, 4) is 0 Å². The summed E-state index contributed by atoms with van der Waals surface area (Å²) >= 11 is 6.88. The number of benzene rings is 1. The van der Waals surface area contributed by atoms with Crippen LogP contribution in [-0.4, -0.2) is 5.11 Å². The Bertz CT molecular complexity index is 314. The van der Waals surface area contributed by atoms with Crippen LogP contribution in [0.4, 0.5) is 0 Å². The summed E-state index contributed by atoms with van der Waals surface area (Å²) in [4.78, 5) is 0. The molecule has 1 aromatic rings. The van der Waals surface area contributed by atoms with Gasteiger partial charge in [-0.2, -0.15) is 0 Å². The lowest BCUT2D eigenvalue weighted by molar-refractivity contribution is 0.141. The topological polar surface area (TPSA) is 20.2 Å². The van der Waals surface area contributed by atoms with E-state index in [-0.39, 0.29) is 6.10 Å². The molecule has 0 aliphatic carbocycles. The third-order valence-electron chi connectivity index (χ3n) is 2.98. The molecule has 1 nitrogen and oxygen atoms in total. The SMILES string of the molecule is CCC(CC)CC(O)c1cc(Br)cc(Br)c1. The van der Waals surface area contributed by atoms with Crippen molar-refractivity contribution >= 4 is 31.9 Å². The minimum Gasteiger partial charge on any atom is -0.388 e. The van der Waals surface area contributed by atoms with Crippen molar-refractivity contribution in [2.75, 3.05) is 0 Å². The van der Waals surface area contributed by atoms with E-state index in [2.05, 4.69) is 45.7 Å². The Morgan fingerprint density at radius 1 is 1.06 bits per heavy atom. The number of rotatable bonds is 5. The summed E-state index contributed by atoms with van der Waals surface area (Å²) in [6, 6.07) is 5.95. The molecule has 0 saturated carbocycles. The van der Waals surface area contributed by atoms with E-state index < -0.39 is 0 Å². The highest BCUT2D eigenvalue weighted by molar-refractivity contribution is 9.11. The van der Waals surface area contributed by atoms with Gasteiger partial charge in [0.15, 0.2) is 0 Å². The van der Waals surface area contributed by atoms with E-state index in [9.17, 15) is 5.11 Å². The minimum absolute atomic E-state index is 0.362. The first-order valence-corrected chi connectivity index (χ1v) is 7.29. The Morgan fingerprint density at radius 2 is 1.56 bits per heavy atom. The lowest BCUT2D eigenvalue weighted by Crippen LogP contribution is -2.06. The highest BCUT2D eigenvalue weighted by Crippen LogP contribution is 2.29. The van der Waals surface area contributed by atoms with E-state index in [0.717, 1.165) is 33.8 Å². The molecule has 1 N–H and O–H groups in total. The van der Waals surface area contributed by atoms with Gasteiger partial charge in [0, 0.05) is 8.95 Å². The Morgan fingerprint density at radius 3 is 2.00 bits per heavy atom. The van der Waals surface area contributed by atoms with Crippen LogP contribution in [0, 0.1) is 5.92 Å². The van der Waals surface area contributed by atoms with Crippen molar-refractivity contribution in [3.63, 3.8) is 0 Å². The van der Waals surface area contributed by atoms with Gasteiger partial charge in [0.25, 0.3) is 0 Å². The van der Waals surface area contributed by atoms with Gasteiger partial charge in [0.05, 0.1) is 6.10 Å². The predicted molar refractivity (Wildman–Crippen MR) is 75.5 cm³/mol. The molecule has 1 atom stereocenters. The molecule has 0 aliphatic heterocycles. The van der Waals surface area contributed by atoms with Crippen LogP contribution in [0.5, 0.6) is 0 Å². The molecule has 0 amide bonds. The van der Waals surface area contributed by atoms with Crippen molar-refractivity contribution in [2.45, 2.75) is 39.2 Å². The van der Waals surface area contributed by atoms with Crippen LogP contribution < -0.4 is 0 Å². The summed E-state index contributed by atoms with van der Waals surface area (Å²) in [5.41, 5.74) is 0.980. The van der Waals surface area contributed by atoms with E-state index in [1.807, 2.05) is 18.2 Å². The van der Waals surface area contributed by atoms with Crippen LogP contribution in [0.15, 0.2) is 27.1 Å². The van der Waals surface area contributed by atoms with E-state index in [4.69, 9.17) is 0 Å². The van der Waals surface area contributed by atoms with Crippen molar-refractivity contribution in [1.82, 2.24) is 0 Å². The quantitative estimate of drug-likeness (QED) is 0.786. The van der Waals surface area contributed by atoms with Crippen LogP contribution >= 0.6 is 31.9 Å². The normalized spacial score (nSPS) is 13.1. The maximum Gasteiger partial charge on any atom is 0.0793 e. The first-order chi connectivity index (χ1) is 7.56. The molecule has 0 bridgehead atoms. The summed E-state index contributed by atoms with van der Waals surface area (Å²) in [5, 5.41) is 10.2. The van der Waals surface area contributed by atoms with E-state index in [0.29, 0.717) is 5.92 Å². The van der Waals surface area contributed by atoms with Gasteiger partial charge in [-0.1, -0.05) is 58.5 Å². The summed E-state index contributed by atoms with van der Waals surface area (Å²) in [5.74, 6) is 0.604. The van der Waals surface area contributed by atoms with Crippen molar-refractivity contribution in [2.24, 2.45) is 5.92 Å². The number of hydrogen-bond donors (Lipinski definition) is 1. The molecule has 0 fully saturated rings. The fourth-order valence-electron chi connectivity index (χ4n) is 1.84. The maximum atomic E-state index is 10.2. The average molecular weight is 350 g/mol. The Balaban J connectivity index is 2.75. The fraction of sp³-hybridized carbons (Fsp3) is 0.538. The lowest BCUT2D eigenvalue weighted by Gasteiger charge is -2.18. The van der Waals surface area contributed by atoms with Gasteiger partial charge in [0.1, 0.15) is 0 Å². The largest absolute Gasteiger partial charge is 0.388 e. The van der Waals surface area contributed by atoms with Crippen molar-refractivity contribution < 1.29 is 5.11 Å². The summed E-state index contributed by atoms with van der Waals surface area (Å²) in [7, 11) is 0. The second kappa shape index (κ2) is 6.77. The van der Waals surface area contributed by atoms with Gasteiger partial charge in [-0.3, -0.25) is 0 Å². The molecule has 3 heteroatoms. The van der Waals surface area contributed by atoms with Crippen LogP contribution in [0.1, 0.15) is 44.8 Å². The zero-order valence-electron chi connectivity index (χ0n) is 9.71. The van der Waals surface area contributed by atoms with Gasteiger partial charge in [-0.15, -0.1) is 0 Å². The van der Waals surface area contributed by atoms with Crippen LogP contribution in [0.2, 0.25) is 0 Å². The zero-order valence-corrected chi connectivity index (χ0v) is 12.9. The standard InChI is InChI=1S/C13H18Br2O/c1-3-9(4-2)5-13(16)10-6-11(14)8-12(15)7-10/h6-9,13,16H,3-5H2,1-2H3. The molecular weight excluding hydrogens is 332 g/mol. The number of aliphatic hydroxyl groups excluding tert-OH is 1. The van der Waals surface area contributed by atoms with Gasteiger partial charge >= 0.3 is 0 Å². The highest BCUT2D eigenvalue weighted by atomic mass is 79.9. The highest BCUT2D eigenvalue weighted by Gasteiger charge is 2.14. The van der Waals surface area contributed by atoms with Gasteiger partial charge in [-0.25, -0.2) is 0 Å². The molecular formula is C13H18Br2O. The van der Waals surface area contributed by atoms with E-state index >= 15 is 0 Å². The van der Waals surface area contributed by atoms with Crippen LogP contribution in [0.25, 0.3) is 0 Å². The van der Waals surface area contributed by atoms with E-state index in [1.54, 1.807) is 0 Å². The summed E-state index contributed by atoms with van der Waals surface area (Å²) in [6.45, 7) is 4.36. The minimum atomic E-state index is -0.362. The van der Waals surface area contributed by atoms with Crippen molar-refractivity contribution in [1.29, 1.82) is 0 Å². The molecule has 1 unspecified atom stereocenters. The first kappa shape index (κ1) is 14.2. The fourth-order valence-corrected chi connectivity index (χ4v) is 3.17. The Kier molecular flexibility index (Phi) is 6.01. The van der Waals surface area contributed by atoms with Gasteiger partial charge in [0.2, 0.25) is 0 Å². The molecule has 0 aromatic heterocycles. The average Bonchev–Trinajstić information content (AvgIpc) is 2.24. The first-order valence-electron chi connectivity index (χ1n) is 5.70.